The second-order valence-electron chi connectivity index (χ2n) is 4.24. The number of amides is 1. The van der Waals surface area contributed by atoms with Crippen molar-refractivity contribution in [3.63, 3.8) is 0 Å². The third-order valence-electron chi connectivity index (χ3n) is 2.68. The molecule has 22 heavy (non-hydrogen) atoms. The van der Waals surface area contributed by atoms with Gasteiger partial charge in [-0.15, -0.1) is 4.53 Å². The molecule has 0 aliphatic heterocycles. The molecule has 0 unspecified atom stereocenters. The molecule has 5 nitrogen and oxygen atoms in total. The highest BCUT2D eigenvalue weighted by molar-refractivity contribution is 6.14. The maximum atomic E-state index is 12.9. The molecule has 0 spiro atoms. The van der Waals surface area contributed by atoms with Gasteiger partial charge in [0.25, 0.3) is 5.91 Å². The lowest BCUT2D eigenvalue weighted by Crippen LogP contribution is -2.35. The first-order valence-electron chi connectivity index (χ1n) is 6.02. The van der Waals surface area contributed by atoms with Gasteiger partial charge in [0.15, 0.2) is 0 Å². The third-order valence-corrected chi connectivity index (χ3v) is 2.88. The molecule has 1 aromatic carbocycles. The van der Waals surface area contributed by atoms with Gasteiger partial charge in [-0.3, -0.25) is 10.2 Å². The molecule has 1 N–H and O–H groups in total. The second kappa shape index (κ2) is 6.71. The number of carbonyl (C=O) groups is 1. The predicted octanol–water partition coefficient (Wildman–Crippen LogP) is 2.80. The van der Waals surface area contributed by atoms with Crippen LogP contribution in [-0.2, 0) is 12.7 Å². The van der Waals surface area contributed by atoms with E-state index in [9.17, 15) is 18.0 Å². The SMILES string of the molecule is O=C(NN(Cl)Cc1ccccc1C(F)(F)F)c1cncnc1. The maximum Gasteiger partial charge on any atom is 0.416 e. The minimum absolute atomic E-state index is 0.0605. The summed E-state index contributed by atoms with van der Waals surface area (Å²) in [5.41, 5.74) is 1.50. The molecule has 9 heteroatoms. The van der Waals surface area contributed by atoms with Crippen LogP contribution in [0.15, 0.2) is 43.0 Å². The Labute approximate surface area is 128 Å². The summed E-state index contributed by atoms with van der Waals surface area (Å²) < 4.78 is 39.3. The summed E-state index contributed by atoms with van der Waals surface area (Å²) >= 11 is 5.78. The molecule has 2 aromatic rings. The molecule has 1 aromatic heterocycles. The first kappa shape index (κ1) is 16.2. The lowest BCUT2D eigenvalue weighted by molar-refractivity contribution is -0.138. The number of hydrogen-bond donors (Lipinski definition) is 1. The molecule has 0 atom stereocenters. The average molecular weight is 331 g/mol. The Morgan fingerprint density at radius 2 is 1.86 bits per heavy atom. The number of nitrogens with one attached hydrogen (secondary N) is 1. The van der Waals surface area contributed by atoms with Gasteiger partial charge in [0, 0.05) is 24.2 Å². The fraction of sp³-hybridized carbons (Fsp3) is 0.154. The first-order chi connectivity index (χ1) is 10.4. The smallest absolute Gasteiger partial charge is 0.270 e. The Morgan fingerprint density at radius 3 is 2.50 bits per heavy atom. The van der Waals surface area contributed by atoms with E-state index in [0.717, 1.165) is 10.6 Å². The van der Waals surface area contributed by atoms with Gasteiger partial charge in [-0.25, -0.2) is 9.97 Å². The molecule has 1 heterocycles. The van der Waals surface area contributed by atoms with E-state index in [4.69, 9.17) is 11.8 Å². The molecule has 2 rings (SSSR count). The summed E-state index contributed by atoms with van der Waals surface area (Å²) in [6.07, 6.45) is -0.728. The summed E-state index contributed by atoms with van der Waals surface area (Å²) in [5.74, 6) is -0.625. The lowest BCUT2D eigenvalue weighted by atomic mass is 10.1. The molecule has 0 aliphatic carbocycles. The molecular formula is C13H10ClF3N4O. The van der Waals surface area contributed by atoms with Gasteiger partial charge in [0.05, 0.1) is 17.7 Å². The van der Waals surface area contributed by atoms with E-state index in [-0.39, 0.29) is 17.7 Å². The van der Waals surface area contributed by atoms with Crippen molar-refractivity contribution in [2.75, 3.05) is 0 Å². The first-order valence-corrected chi connectivity index (χ1v) is 6.36. The fourth-order valence-electron chi connectivity index (χ4n) is 1.71. The standard InChI is InChI=1S/C13H10ClF3N4O/c14-21(20-12(22)10-5-18-8-19-6-10)7-9-3-1-2-4-11(9)13(15,16)17/h1-6,8H,7H2,(H,20,22). The second-order valence-corrected chi connectivity index (χ2v) is 4.65. The van der Waals surface area contributed by atoms with Crippen LogP contribution < -0.4 is 5.43 Å². The van der Waals surface area contributed by atoms with Crippen LogP contribution in [0, 0.1) is 0 Å². The number of halogens is 4. The van der Waals surface area contributed by atoms with Gasteiger partial charge in [-0.2, -0.15) is 13.2 Å². The Morgan fingerprint density at radius 1 is 1.23 bits per heavy atom. The Balaban J connectivity index is 2.07. The molecule has 0 aliphatic rings. The molecular weight excluding hydrogens is 321 g/mol. The van der Waals surface area contributed by atoms with E-state index >= 15 is 0 Å². The largest absolute Gasteiger partial charge is 0.416 e. The number of aromatic nitrogens is 2. The highest BCUT2D eigenvalue weighted by Crippen LogP contribution is 2.32. The van der Waals surface area contributed by atoms with Gasteiger partial charge in [-0.1, -0.05) is 18.2 Å². The van der Waals surface area contributed by atoms with Crippen molar-refractivity contribution in [2.24, 2.45) is 0 Å². The van der Waals surface area contributed by atoms with Gasteiger partial charge in [-0.05, 0) is 11.6 Å². The number of carbonyl (C=O) groups excluding carboxylic acids is 1. The molecule has 0 saturated heterocycles. The number of alkyl halides is 3. The average Bonchev–Trinajstić information content (AvgIpc) is 2.47. The summed E-state index contributed by atoms with van der Waals surface area (Å²) in [7, 11) is 0. The van der Waals surface area contributed by atoms with E-state index in [1.54, 1.807) is 0 Å². The van der Waals surface area contributed by atoms with Crippen LogP contribution in [0.25, 0.3) is 0 Å². The topological polar surface area (TPSA) is 58.1 Å². The Hall–Kier alpha value is -2.19. The molecule has 116 valence electrons. The molecule has 0 fully saturated rings. The molecule has 0 radical (unpaired) electrons. The van der Waals surface area contributed by atoms with Crippen molar-refractivity contribution in [3.8, 4) is 0 Å². The van der Waals surface area contributed by atoms with Crippen LogP contribution in [0.1, 0.15) is 21.5 Å². The van der Waals surface area contributed by atoms with Crippen molar-refractivity contribution in [3.05, 3.63) is 59.7 Å². The van der Waals surface area contributed by atoms with E-state index in [1.807, 2.05) is 0 Å². The van der Waals surface area contributed by atoms with E-state index in [0.29, 0.717) is 0 Å². The van der Waals surface area contributed by atoms with Crippen molar-refractivity contribution in [1.82, 2.24) is 19.9 Å². The number of hydrazine groups is 1. The van der Waals surface area contributed by atoms with Gasteiger partial charge in [0.1, 0.15) is 6.33 Å². The molecule has 0 saturated carbocycles. The number of nitrogens with zero attached hydrogens (tertiary/aromatic N) is 3. The predicted molar refractivity (Wildman–Crippen MR) is 72.3 cm³/mol. The minimum atomic E-state index is -4.49. The van der Waals surface area contributed by atoms with Crippen LogP contribution in [0.5, 0.6) is 0 Å². The zero-order valence-corrected chi connectivity index (χ0v) is 11.8. The van der Waals surface area contributed by atoms with Crippen LogP contribution in [0.4, 0.5) is 13.2 Å². The highest BCUT2D eigenvalue weighted by Gasteiger charge is 2.33. The van der Waals surface area contributed by atoms with Crippen LogP contribution >= 0.6 is 11.8 Å². The van der Waals surface area contributed by atoms with E-state index in [2.05, 4.69) is 15.4 Å². The van der Waals surface area contributed by atoms with Gasteiger partial charge >= 0.3 is 6.18 Å². The van der Waals surface area contributed by atoms with Crippen molar-refractivity contribution >= 4 is 17.7 Å². The number of hydrogen-bond acceptors (Lipinski definition) is 4. The van der Waals surface area contributed by atoms with E-state index in [1.165, 1.54) is 36.9 Å². The minimum Gasteiger partial charge on any atom is -0.270 e. The zero-order valence-electron chi connectivity index (χ0n) is 11.0. The fourth-order valence-corrected chi connectivity index (χ4v) is 1.92. The highest BCUT2D eigenvalue weighted by atomic mass is 35.5. The van der Waals surface area contributed by atoms with E-state index < -0.39 is 17.6 Å². The summed E-state index contributed by atoms with van der Waals surface area (Å²) in [4.78, 5) is 19.1. The van der Waals surface area contributed by atoms with Crippen LogP contribution in [0.3, 0.4) is 0 Å². The normalized spacial score (nSPS) is 11.5. The maximum absolute atomic E-state index is 12.9. The van der Waals surface area contributed by atoms with Crippen molar-refractivity contribution < 1.29 is 18.0 Å². The van der Waals surface area contributed by atoms with Crippen molar-refractivity contribution in [2.45, 2.75) is 12.7 Å². The summed E-state index contributed by atoms with van der Waals surface area (Å²) in [6, 6.07) is 4.98. The monoisotopic (exact) mass is 330 g/mol. The summed E-state index contributed by atoms with van der Waals surface area (Å²) in [5, 5.41) is 0. The lowest BCUT2D eigenvalue weighted by Gasteiger charge is -2.18. The number of rotatable bonds is 4. The van der Waals surface area contributed by atoms with Crippen LogP contribution in [0.2, 0.25) is 0 Å². The van der Waals surface area contributed by atoms with Crippen LogP contribution in [-0.4, -0.2) is 20.4 Å². The summed E-state index contributed by atoms with van der Waals surface area (Å²) in [6.45, 7) is -0.323. The number of benzene rings is 1. The zero-order chi connectivity index (χ0) is 16.2. The Kier molecular flexibility index (Phi) is 4.94. The molecule has 0 bridgehead atoms. The Bertz CT molecular complexity index is 651. The van der Waals surface area contributed by atoms with Gasteiger partial charge in [0.2, 0.25) is 0 Å². The van der Waals surface area contributed by atoms with Gasteiger partial charge < -0.3 is 0 Å². The third kappa shape index (κ3) is 4.15. The van der Waals surface area contributed by atoms with Crippen molar-refractivity contribution in [1.29, 1.82) is 0 Å². The molecule has 1 amide bonds. The quantitative estimate of drug-likeness (QED) is 0.692.